The summed E-state index contributed by atoms with van der Waals surface area (Å²) in [6, 6.07) is 7.92. The smallest absolute Gasteiger partial charge is 0.343 e. The third-order valence-electron chi connectivity index (χ3n) is 2.66. The molecule has 0 amide bonds. The van der Waals surface area contributed by atoms with Crippen molar-refractivity contribution < 1.29 is 23.5 Å². The minimum absolute atomic E-state index is 0.150. The highest BCUT2D eigenvalue weighted by atomic mass is 79.9. The molecule has 0 atom stereocenters. The lowest BCUT2D eigenvalue weighted by molar-refractivity contribution is 0.0728. The van der Waals surface area contributed by atoms with Gasteiger partial charge in [-0.3, -0.25) is 4.79 Å². The molecule has 4 nitrogen and oxygen atoms in total. The zero-order valence-electron chi connectivity index (χ0n) is 10.9. The lowest BCUT2D eigenvalue weighted by Crippen LogP contribution is -2.10. The molecular weight excluding hydrogens is 343 g/mol. The van der Waals surface area contributed by atoms with E-state index in [-0.39, 0.29) is 17.1 Å². The second kappa shape index (κ2) is 6.49. The van der Waals surface area contributed by atoms with E-state index in [9.17, 15) is 14.0 Å². The van der Waals surface area contributed by atoms with Crippen LogP contribution in [0.3, 0.4) is 0 Å². The summed E-state index contributed by atoms with van der Waals surface area (Å²) in [6.45, 7) is 0. The average Bonchev–Trinajstić information content (AvgIpc) is 2.49. The van der Waals surface area contributed by atoms with Crippen molar-refractivity contribution in [3.8, 4) is 11.5 Å². The molecule has 2 rings (SSSR count). The third kappa shape index (κ3) is 3.46. The number of methoxy groups -OCH3 is 1. The van der Waals surface area contributed by atoms with Gasteiger partial charge in [-0.1, -0.05) is 0 Å². The molecule has 21 heavy (non-hydrogen) atoms. The van der Waals surface area contributed by atoms with Crippen molar-refractivity contribution in [1.29, 1.82) is 0 Å². The minimum Gasteiger partial charge on any atom is -0.493 e. The fraction of sp³-hybridized carbons (Fsp3) is 0.0667. The summed E-state index contributed by atoms with van der Waals surface area (Å²) < 4.78 is 23.6. The molecule has 0 fully saturated rings. The molecule has 0 saturated heterocycles. The lowest BCUT2D eigenvalue weighted by atomic mass is 10.2. The Morgan fingerprint density at radius 3 is 2.48 bits per heavy atom. The summed E-state index contributed by atoms with van der Waals surface area (Å²) >= 11 is 3.22. The second-order valence-electron chi connectivity index (χ2n) is 4.05. The molecule has 0 radical (unpaired) electrons. The molecule has 0 aliphatic carbocycles. The van der Waals surface area contributed by atoms with Gasteiger partial charge in [0.05, 0.1) is 17.1 Å². The van der Waals surface area contributed by atoms with Crippen molar-refractivity contribution in [3.05, 3.63) is 57.8 Å². The molecule has 0 spiro atoms. The van der Waals surface area contributed by atoms with Gasteiger partial charge in [0.25, 0.3) is 0 Å². The molecule has 0 saturated carbocycles. The normalized spacial score (nSPS) is 10.0. The zero-order valence-corrected chi connectivity index (χ0v) is 12.5. The number of hydrogen-bond acceptors (Lipinski definition) is 4. The molecule has 0 N–H and O–H groups in total. The van der Waals surface area contributed by atoms with Gasteiger partial charge in [0.1, 0.15) is 12.1 Å². The van der Waals surface area contributed by atoms with Gasteiger partial charge in [-0.15, -0.1) is 0 Å². The Kier molecular flexibility index (Phi) is 4.70. The number of benzene rings is 2. The SMILES string of the molecule is COc1cc(C=O)cc(Br)c1OC(=O)c1ccc(F)cc1. The summed E-state index contributed by atoms with van der Waals surface area (Å²) in [6.07, 6.45) is 0.652. The largest absolute Gasteiger partial charge is 0.493 e. The minimum atomic E-state index is -0.659. The van der Waals surface area contributed by atoms with E-state index in [1.165, 1.54) is 43.5 Å². The Morgan fingerprint density at radius 1 is 1.24 bits per heavy atom. The molecular formula is C15H10BrFO4. The number of rotatable bonds is 4. The summed E-state index contributed by atoms with van der Waals surface area (Å²) in [5, 5.41) is 0. The van der Waals surface area contributed by atoms with Gasteiger partial charge < -0.3 is 9.47 Å². The van der Waals surface area contributed by atoms with Crippen LogP contribution in [0.5, 0.6) is 11.5 Å². The maximum absolute atomic E-state index is 12.8. The van der Waals surface area contributed by atoms with Crippen LogP contribution in [0, 0.1) is 5.82 Å². The molecule has 6 heteroatoms. The highest BCUT2D eigenvalue weighted by Gasteiger charge is 2.16. The molecule has 0 aliphatic rings. The second-order valence-corrected chi connectivity index (χ2v) is 4.90. The van der Waals surface area contributed by atoms with E-state index < -0.39 is 11.8 Å². The maximum Gasteiger partial charge on any atom is 0.343 e. The number of hydrogen-bond donors (Lipinski definition) is 0. The van der Waals surface area contributed by atoms with E-state index in [0.29, 0.717) is 16.3 Å². The van der Waals surface area contributed by atoms with Crippen molar-refractivity contribution in [1.82, 2.24) is 0 Å². The van der Waals surface area contributed by atoms with Crippen molar-refractivity contribution in [2.24, 2.45) is 0 Å². The lowest BCUT2D eigenvalue weighted by Gasteiger charge is -2.11. The van der Waals surface area contributed by atoms with Crippen LogP contribution < -0.4 is 9.47 Å². The highest BCUT2D eigenvalue weighted by Crippen LogP contribution is 2.36. The van der Waals surface area contributed by atoms with Gasteiger partial charge in [0.15, 0.2) is 11.5 Å². The summed E-state index contributed by atoms with van der Waals surface area (Å²) in [5.41, 5.74) is 0.574. The first kappa shape index (κ1) is 15.2. The molecule has 108 valence electrons. The van der Waals surface area contributed by atoms with Crippen LogP contribution in [0.15, 0.2) is 40.9 Å². The zero-order chi connectivity index (χ0) is 15.4. The van der Waals surface area contributed by atoms with E-state index in [1.807, 2.05) is 0 Å². The number of aldehydes is 1. The monoisotopic (exact) mass is 352 g/mol. The van der Waals surface area contributed by atoms with E-state index >= 15 is 0 Å². The molecule has 0 aliphatic heterocycles. The topological polar surface area (TPSA) is 52.6 Å². The van der Waals surface area contributed by atoms with E-state index in [0.717, 1.165) is 0 Å². The summed E-state index contributed by atoms with van der Waals surface area (Å²) in [5.74, 6) is -0.715. The number of carbonyl (C=O) groups excluding carboxylic acids is 2. The maximum atomic E-state index is 12.8. The molecule has 0 unspecified atom stereocenters. The van der Waals surface area contributed by atoms with Gasteiger partial charge in [-0.25, -0.2) is 9.18 Å². The first-order chi connectivity index (χ1) is 10.0. The highest BCUT2D eigenvalue weighted by molar-refractivity contribution is 9.10. The van der Waals surface area contributed by atoms with Crippen LogP contribution in [0.4, 0.5) is 4.39 Å². The van der Waals surface area contributed by atoms with Crippen LogP contribution in [0.1, 0.15) is 20.7 Å². The Morgan fingerprint density at radius 2 is 1.90 bits per heavy atom. The van der Waals surface area contributed by atoms with E-state index in [2.05, 4.69) is 15.9 Å². The predicted octanol–water partition coefficient (Wildman–Crippen LogP) is 3.63. The molecule has 2 aromatic rings. The van der Waals surface area contributed by atoms with Gasteiger partial charge in [0, 0.05) is 5.56 Å². The average molecular weight is 353 g/mol. The van der Waals surface area contributed by atoms with Crippen molar-refractivity contribution in [3.63, 3.8) is 0 Å². The molecule has 0 bridgehead atoms. The Hall–Kier alpha value is -2.21. The predicted molar refractivity (Wildman–Crippen MR) is 77.4 cm³/mol. The van der Waals surface area contributed by atoms with Crippen LogP contribution in [-0.2, 0) is 0 Å². The van der Waals surface area contributed by atoms with Crippen LogP contribution in [0.2, 0.25) is 0 Å². The first-order valence-corrected chi connectivity index (χ1v) is 6.65. The Balaban J connectivity index is 2.32. The van der Waals surface area contributed by atoms with Gasteiger partial charge in [0.2, 0.25) is 0 Å². The number of ether oxygens (including phenoxy) is 2. The van der Waals surface area contributed by atoms with Crippen molar-refractivity contribution >= 4 is 28.2 Å². The molecule has 0 aromatic heterocycles. The van der Waals surface area contributed by atoms with Gasteiger partial charge in [-0.2, -0.15) is 0 Å². The third-order valence-corrected chi connectivity index (χ3v) is 3.25. The van der Waals surface area contributed by atoms with Crippen molar-refractivity contribution in [2.45, 2.75) is 0 Å². The van der Waals surface area contributed by atoms with Crippen LogP contribution in [-0.4, -0.2) is 19.4 Å². The van der Waals surface area contributed by atoms with Gasteiger partial charge >= 0.3 is 5.97 Å². The quantitative estimate of drug-likeness (QED) is 0.479. The van der Waals surface area contributed by atoms with Crippen LogP contribution in [0.25, 0.3) is 0 Å². The summed E-state index contributed by atoms with van der Waals surface area (Å²) in [7, 11) is 1.39. The van der Waals surface area contributed by atoms with E-state index in [4.69, 9.17) is 9.47 Å². The van der Waals surface area contributed by atoms with Crippen molar-refractivity contribution in [2.75, 3.05) is 7.11 Å². The number of carbonyl (C=O) groups is 2. The molecule has 2 aromatic carbocycles. The first-order valence-electron chi connectivity index (χ1n) is 5.85. The fourth-order valence-electron chi connectivity index (χ4n) is 1.64. The van der Waals surface area contributed by atoms with E-state index in [1.54, 1.807) is 0 Å². The van der Waals surface area contributed by atoms with Gasteiger partial charge in [-0.05, 0) is 52.3 Å². The summed E-state index contributed by atoms with van der Waals surface area (Å²) in [4.78, 5) is 22.8. The molecule has 0 heterocycles. The van der Waals surface area contributed by atoms with Crippen LogP contribution >= 0.6 is 15.9 Å². The standard InChI is InChI=1S/C15H10BrFO4/c1-20-13-7-9(8-18)6-12(16)14(13)21-15(19)10-2-4-11(17)5-3-10/h2-8H,1H3. The Bertz CT molecular complexity index is 683. The fourth-order valence-corrected chi connectivity index (χ4v) is 2.19. The number of esters is 1. The Labute approximate surface area is 128 Å². The number of halogens is 2.